The minimum atomic E-state index is -0.475. The Morgan fingerprint density at radius 3 is 2.70 bits per heavy atom. The highest BCUT2D eigenvalue weighted by molar-refractivity contribution is 6.07. The van der Waals surface area contributed by atoms with Gasteiger partial charge >= 0.3 is 0 Å². The second kappa shape index (κ2) is 9.38. The first-order valence-corrected chi connectivity index (χ1v) is 10.7. The summed E-state index contributed by atoms with van der Waals surface area (Å²) in [5, 5.41) is 19.3. The minimum absolute atomic E-state index is 0.0335. The topological polar surface area (TPSA) is 96.2 Å². The third-order valence-electron chi connectivity index (χ3n) is 5.68. The maximum Gasteiger partial charge on any atom is 0.253 e. The average molecular weight is 448 g/mol. The van der Waals surface area contributed by atoms with Crippen molar-refractivity contribution in [2.75, 3.05) is 11.9 Å². The lowest BCUT2D eigenvalue weighted by atomic mass is 9.86. The zero-order chi connectivity index (χ0) is 23.5. The number of anilines is 1. The molecule has 4 rings (SSSR count). The number of amides is 2. The van der Waals surface area contributed by atoms with E-state index in [1.54, 1.807) is 16.8 Å². The molecule has 1 aromatic heterocycles. The second-order valence-electron chi connectivity index (χ2n) is 8.08. The van der Waals surface area contributed by atoms with Crippen LogP contribution in [-0.2, 0) is 16.1 Å². The summed E-state index contributed by atoms with van der Waals surface area (Å²) in [4.78, 5) is 25.2. The Morgan fingerprint density at radius 2 is 1.97 bits per heavy atom. The van der Waals surface area contributed by atoms with Crippen molar-refractivity contribution in [3.63, 3.8) is 0 Å². The average Bonchev–Trinajstić information content (AvgIpc) is 3.16. The molecule has 7 nitrogen and oxygen atoms in total. The van der Waals surface area contributed by atoms with E-state index in [4.69, 9.17) is 0 Å². The summed E-state index contributed by atoms with van der Waals surface area (Å²) in [5.41, 5.74) is 5.11. The molecule has 170 valence electrons. The van der Waals surface area contributed by atoms with Gasteiger partial charge in [0.1, 0.15) is 5.82 Å². The van der Waals surface area contributed by atoms with Gasteiger partial charge in [-0.25, -0.2) is 4.39 Å². The zero-order valence-corrected chi connectivity index (χ0v) is 18.4. The van der Waals surface area contributed by atoms with Crippen molar-refractivity contribution in [1.82, 2.24) is 15.1 Å². The molecule has 1 aliphatic heterocycles. The van der Waals surface area contributed by atoms with E-state index < -0.39 is 5.92 Å². The highest BCUT2D eigenvalue weighted by Crippen LogP contribution is 2.32. The van der Waals surface area contributed by atoms with E-state index in [-0.39, 0.29) is 30.7 Å². The SMILES string of the molecule is Cc1cc(-c2ccc(C)c(NC(=O)C3=CNC(=O)CC3c3ccc(F)cc3)c2)n(CCO)n1. The molecule has 0 fully saturated rings. The minimum Gasteiger partial charge on any atom is -0.394 e. The second-order valence-corrected chi connectivity index (χ2v) is 8.08. The van der Waals surface area contributed by atoms with E-state index in [2.05, 4.69) is 15.7 Å². The monoisotopic (exact) mass is 448 g/mol. The van der Waals surface area contributed by atoms with Gasteiger partial charge in [0.2, 0.25) is 5.91 Å². The number of carbonyl (C=O) groups is 2. The fraction of sp³-hybridized carbons (Fsp3) is 0.240. The molecule has 0 radical (unpaired) electrons. The summed E-state index contributed by atoms with van der Waals surface area (Å²) >= 11 is 0. The lowest BCUT2D eigenvalue weighted by Crippen LogP contribution is -2.32. The van der Waals surface area contributed by atoms with Gasteiger partial charge < -0.3 is 15.7 Å². The van der Waals surface area contributed by atoms with Gasteiger partial charge in [0.15, 0.2) is 0 Å². The number of halogens is 1. The number of carbonyl (C=O) groups excluding carboxylic acids is 2. The Hall–Kier alpha value is -3.78. The Kier molecular flexibility index (Phi) is 6.37. The van der Waals surface area contributed by atoms with Gasteiger partial charge in [-0.2, -0.15) is 5.10 Å². The number of aryl methyl sites for hydroxylation is 2. The van der Waals surface area contributed by atoms with Crippen molar-refractivity contribution in [2.24, 2.45) is 0 Å². The number of aliphatic hydroxyl groups excluding tert-OH is 1. The van der Waals surface area contributed by atoms with Gasteiger partial charge in [-0.05, 0) is 49.2 Å². The maximum atomic E-state index is 13.4. The van der Waals surface area contributed by atoms with E-state index in [1.165, 1.54) is 18.3 Å². The molecule has 1 unspecified atom stereocenters. The number of aromatic nitrogens is 2. The predicted octanol–water partition coefficient (Wildman–Crippen LogP) is 3.42. The van der Waals surface area contributed by atoms with E-state index in [9.17, 15) is 19.1 Å². The fourth-order valence-corrected chi connectivity index (χ4v) is 3.98. The van der Waals surface area contributed by atoms with Crippen molar-refractivity contribution >= 4 is 17.5 Å². The fourth-order valence-electron chi connectivity index (χ4n) is 3.98. The number of nitrogens with one attached hydrogen (secondary N) is 2. The van der Waals surface area contributed by atoms with E-state index in [1.807, 2.05) is 38.1 Å². The molecule has 1 atom stereocenters. The van der Waals surface area contributed by atoms with Crippen LogP contribution in [-0.4, -0.2) is 33.3 Å². The highest BCUT2D eigenvalue weighted by Gasteiger charge is 2.29. The van der Waals surface area contributed by atoms with Crippen LogP contribution in [0.15, 0.2) is 60.3 Å². The molecular weight excluding hydrogens is 423 g/mol. The summed E-state index contributed by atoms with van der Waals surface area (Å²) in [5.74, 6) is -1.40. The van der Waals surface area contributed by atoms with Crippen LogP contribution < -0.4 is 10.6 Å². The molecule has 2 aromatic carbocycles. The normalized spacial score (nSPS) is 15.7. The third-order valence-corrected chi connectivity index (χ3v) is 5.68. The molecule has 33 heavy (non-hydrogen) atoms. The van der Waals surface area contributed by atoms with Gasteiger partial charge in [0, 0.05) is 35.4 Å². The van der Waals surface area contributed by atoms with Crippen LogP contribution in [0.1, 0.15) is 29.2 Å². The first kappa shape index (κ1) is 22.4. The van der Waals surface area contributed by atoms with Crippen LogP contribution in [0, 0.1) is 19.7 Å². The summed E-state index contributed by atoms with van der Waals surface area (Å²) in [6.45, 7) is 4.11. The van der Waals surface area contributed by atoms with Crippen LogP contribution in [0.4, 0.5) is 10.1 Å². The van der Waals surface area contributed by atoms with E-state index in [0.717, 1.165) is 22.5 Å². The first-order chi connectivity index (χ1) is 15.9. The van der Waals surface area contributed by atoms with Crippen molar-refractivity contribution < 1.29 is 19.1 Å². The van der Waals surface area contributed by atoms with Crippen molar-refractivity contribution in [3.05, 3.63) is 82.9 Å². The van der Waals surface area contributed by atoms with Crippen LogP contribution in [0.5, 0.6) is 0 Å². The molecule has 2 heterocycles. The molecule has 8 heteroatoms. The Bertz CT molecular complexity index is 1230. The number of benzene rings is 2. The van der Waals surface area contributed by atoms with Gasteiger partial charge in [-0.15, -0.1) is 0 Å². The van der Waals surface area contributed by atoms with Crippen LogP contribution in [0.2, 0.25) is 0 Å². The van der Waals surface area contributed by atoms with Gasteiger partial charge in [0.05, 0.1) is 24.5 Å². The molecule has 0 saturated carbocycles. The van der Waals surface area contributed by atoms with Gasteiger partial charge in [-0.3, -0.25) is 14.3 Å². The molecule has 0 aliphatic carbocycles. The predicted molar refractivity (Wildman–Crippen MR) is 123 cm³/mol. The molecule has 0 saturated heterocycles. The van der Waals surface area contributed by atoms with E-state index >= 15 is 0 Å². The Morgan fingerprint density at radius 1 is 1.21 bits per heavy atom. The molecule has 3 N–H and O–H groups in total. The van der Waals surface area contributed by atoms with Crippen LogP contribution >= 0.6 is 0 Å². The molecular formula is C25H25FN4O3. The summed E-state index contributed by atoms with van der Waals surface area (Å²) in [6, 6.07) is 13.5. The summed E-state index contributed by atoms with van der Waals surface area (Å²) < 4.78 is 15.1. The van der Waals surface area contributed by atoms with Crippen molar-refractivity contribution in [2.45, 2.75) is 32.7 Å². The molecule has 0 bridgehead atoms. The maximum absolute atomic E-state index is 13.4. The van der Waals surface area contributed by atoms with Gasteiger partial charge in [0.25, 0.3) is 5.91 Å². The lowest BCUT2D eigenvalue weighted by molar-refractivity contribution is -0.121. The van der Waals surface area contributed by atoms with Crippen molar-refractivity contribution in [1.29, 1.82) is 0 Å². The summed E-state index contributed by atoms with van der Waals surface area (Å²) in [6.07, 6.45) is 1.53. The third kappa shape index (κ3) is 4.85. The number of rotatable bonds is 6. The molecule has 1 aliphatic rings. The zero-order valence-electron chi connectivity index (χ0n) is 18.4. The highest BCUT2D eigenvalue weighted by atomic mass is 19.1. The largest absolute Gasteiger partial charge is 0.394 e. The Balaban J connectivity index is 1.63. The molecule has 3 aromatic rings. The quantitative estimate of drug-likeness (QED) is 0.538. The smallest absolute Gasteiger partial charge is 0.253 e. The van der Waals surface area contributed by atoms with Gasteiger partial charge in [-0.1, -0.05) is 24.3 Å². The van der Waals surface area contributed by atoms with Crippen molar-refractivity contribution in [3.8, 4) is 11.3 Å². The number of hydrogen-bond donors (Lipinski definition) is 3. The standard InChI is InChI=1S/C25H25FN4O3/c1-15-3-4-18(23-11-16(2)29-30(23)9-10-31)12-22(15)28-25(33)21-14-27-24(32)13-20(21)17-5-7-19(26)8-6-17/h3-8,11-12,14,20,31H,9-10,13H2,1-2H3,(H,27,32)(H,28,33). The summed E-state index contributed by atoms with van der Waals surface area (Å²) in [7, 11) is 0. The number of hydrogen-bond acceptors (Lipinski definition) is 4. The number of nitrogens with zero attached hydrogens (tertiary/aromatic N) is 2. The van der Waals surface area contributed by atoms with Crippen LogP contribution in [0.3, 0.4) is 0 Å². The Labute approximate surface area is 190 Å². The molecule has 2 amide bonds. The molecule has 0 spiro atoms. The lowest BCUT2D eigenvalue weighted by Gasteiger charge is -2.24. The van der Waals surface area contributed by atoms with Crippen LogP contribution in [0.25, 0.3) is 11.3 Å². The first-order valence-electron chi connectivity index (χ1n) is 10.7. The number of aliphatic hydroxyl groups is 1. The van der Waals surface area contributed by atoms with E-state index in [0.29, 0.717) is 23.4 Å².